The van der Waals surface area contributed by atoms with E-state index in [1.807, 2.05) is 38.1 Å². The summed E-state index contributed by atoms with van der Waals surface area (Å²) >= 11 is 12.3. The van der Waals surface area contributed by atoms with E-state index in [1.54, 1.807) is 36.4 Å². The highest BCUT2D eigenvalue weighted by molar-refractivity contribution is 6.52. The number of Topliss-reactive ketones (excluding diaryl/α,β-unsaturated/α-hetero) is 1. The first-order chi connectivity index (χ1) is 15.8. The summed E-state index contributed by atoms with van der Waals surface area (Å²) in [5.41, 5.74) is 2.36. The van der Waals surface area contributed by atoms with E-state index in [0.717, 1.165) is 5.56 Å². The number of rotatable bonds is 5. The minimum absolute atomic E-state index is 0.00554. The van der Waals surface area contributed by atoms with Gasteiger partial charge in [0.05, 0.1) is 28.3 Å². The minimum Gasteiger partial charge on any atom is -0.507 e. The van der Waals surface area contributed by atoms with Gasteiger partial charge in [-0.05, 0) is 55.3 Å². The molecule has 0 aliphatic carbocycles. The van der Waals surface area contributed by atoms with Crippen LogP contribution in [0.2, 0.25) is 10.0 Å². The zero-order valence-corrected chi connectivity index (χ0v) is 19.5. The van der Waals surface area contributed by atoms with Crippen molar-refractivity contribution in [1.29, 1.82) is 0 Å². The molecule has 5 nitrogen and oxygen atoms in total. The van der Waals surface area contributed by atoms with Gasteiger partial charge in [-0.2, -0.15) is 0 Å². The highest BCUT2D eigenvalue weighted by Crippen LogP contribution is 2.44. The molecule has 33 heavy (non-hydrogen) atoms. The largest absolute Gasteiger partial charge is 0.507 e. The number of amides is 1. The molecule has 1 saturated heterocycles. The fourth-order valence-corrected chi connectivity index (χ4v) is 4.27. The van der Waals surface area contributed by atoms with Crippen LogP contribution in [0.15, 0.2) is 72.3 Å². The first-order valence-corrected chi connectivity index (χ1v) is 11.1. The minimum atomic E-state index is -0.848. The Morgan fingerprint density at radius 3 is 2.45 bits per heavy atom. The Bertz CT molecular complexity index is 1280. The van der Waals surface area contributed by atoms with Gasteiger partial charge in [0.15, 0.2) is 0 Å². The number of hydrogen-bond donors (Lipinski definition) is 1. The van der Waals surface area contributed by atoms with Crippen molar-refractivity contribution in [3.63, 3.8) is 0 Å². The molecule has 0 aromatic heterocycles. The molecule has 1 amide bonds. The maximum Gasteiger partial charge on any atom is 0.300 e. The Labute approximate surface area is 201 Å². The molecule has 4 rings (SSSR count). The standard InChI is InChI=1S/C26H21Cl2NO4/c1-3-33-18-9-6-8-16(13-18)24(30)22-23(19-10-5-4-7-15(19)2)29(26(32)25(22)31)17-11-12-20(27)21(28)14-17/h4-14,23,30H,3H2,1-2H3/b24-22+. The number of nitrogens with zero attached hydrogens (tertiary/aromatic N) is 1. The predicted molar refractivity (Wildman–Crippen MR) is 130 cm³/mol. The summed E-state index contributed by atoms with van der Waals surface area (Å²) in [5.74, 6) is -1.27. The van der Waals surface area contributed by atoms with Gasteiger partial charge in [0, 0.05) is 11.3 Å². The van der Waals surface area contributed by atoms with Gasteiger partial charge in [0.25, 0.3) is 11.7 Å². The lowest BCUT2D eigenvalue weighted by Crippen LogP contribution is -2.29. The Balaban J connectivity index is 1.95. The average Bonchev–Trinajstić information content (AvgIpc) is 3.06. The third-order valence-corrected chi connectivity index (χ3v) is 6.27. The summed E-state index contributed by atoms with van der Waals surface area (Å²) in [5, 5.41) is 11.8. The quantitative estimate of drug-likeness (QED) is 0.262. The molecule has 1 N–H and O–H groups in total. The smallest absolute Gasteiger partial charge is 0.300 e. The van der Waals surface area contributed by atoms with Gasteiger partial charge < -0.3 is 9.84 Å². The first-order valence-electron chi connectivity index (χ1n) is 10.4. The Morgan fingerprint density at radius 1 is 1.00 bits per heavy atom. The third kappa shape index (κ3) is 4.22. The number of ketones is 1. The molecule has 168 valence electrons. The summed E-state index contributed by atoms with van der Waals surface area (Å²) in [7, 11) is 0. The van der Waals surface area contributed by atoms with Crippen molar-refractivity contribution in [3.8, 4) is 5.75 Å². The van der Waals surface area contributed by atoms with Crippen LogP contribution in [0.1, 0.15) is 29.7 Å². The molecule has 0 saturated carbocycles. The van der Waals surface area contributed by atoms with E-state index in [2.05, 4.69) is 0 Å². The van der Waals surface area contributed by atoms with Crippen LogP contribution in [0, 0.1) is 6.92 Å². The van der Waals surface area contributed by atoms with Crippen molar-refractivity contribution >= 4 is 46.3 Å². The molecule has 1 aliphatic rings. The van der Waals surface area contributed by atoms with Crippen molar-refractivity contribution in [2.75, 3.05) is 11.5 Å². The van der Waals surface area contributed by atoms with Crippen molar-refractivity contribution in [2.45, 2.75) is 19.9 Å². The number of hydrogen-bond acceptors (Lipinski definition) is 4. The summed E-state index contributed by atoms with van der Waals surface area (Å²) in [6, 6.07) is 18.1. The van der Waals surface area contributed by atoms with Crippen LogP contribution in [0.3, 0.4) is 0 Å². The lowest BCUT2D eigenvalue weighted by molar-refractivity contribution is -0.132. The lowest BCUT2D eigenvalue weighted by atomic mass is 9.92. The lowest BCUT2D eigenvalue weighted by Gasteiger charge is -2.27. The average molecular weight is 482 g/mol. The number of aryl methyl sites for hydroxylation is 1. The second-order valence-electron chi connectivity index (χ2n) is 7.58. The molecular formula is C26H21Cl2NO4. The molecule has 3 aromatic rings. The van der Waals surface area contributed by atoms with Crippen LogP contribution >= 0.6 is 23.2 Å². The third-order valence-electron chi connectivity index (χ3n) is 5.53. The molecule has 1 heterocycles. The zero-order chi connectivity index (χ0) is 23.7. The van der Waals surface area contributed by atoms with Crippen LogP contribution in [-0.4, -0.2) is 23.4 Å². The number of aliphatic hydroxyl groups is 1. The monoisotopic (exact) mass is 481 g/mol. The summed E-state index contributed by atoms with van der Waals surface area (Å²) < 4.78 is 5.53. The topological polar surface area (TPSA) is 66.8 Å². The first kappa shape index (κ1) is 22.9. The Kier molecular flexibility index (Phi) is 6.45. The second-order valence-corrected chi connectivity index (χ2v) is 8.40. The van der Waals surface area contributed by atoms with Crippen molar-refractivity contribution in [2.24, 2.45) is 0 Å². The maximum absolute atomic E-state index is 13.3. The molecule has 0 spiro atoms. The van der Waals surface area contributed by atoms with E-state index in [4.69, 9.17) is 27.9 Å². The number of carbonyl (C=O) groups excluding carboxylic acids is 2. The second kappa shape index (κ2) is 9.30. The number of benzene rings is 3. The van der Waals surface area contributed by atoms with Gasteiger partial charge in [0.2, 0.25) is 0 Å². The molecule has 1 fully saturated rings. The number of ether oxygens (including phenoxy) is 1. The fourth-order valence-electron chi connectivity index (χ4n) is 3.98. The molecule has 7 heteroatoms. The van der Waals surface area contributed by atoms with Crippen LogP contribution in [0.4, 0.5) is 5.69 Å². The molecule has 3 aromatic carbocycles. The highest BCUT2D eigenvalue weighted by Gasteiger charge is 2.47. The SMILES string of the molecule is CCOc1cccc(/C(O)=C2\C(=O)C(=O)N(c3ccc(Cl)c(Cl)c3)C2c2ccccc2C)c1. The Hall–Kier alpha value is -3.28. The van der Waals surface area contributed by atoms with Crippen LogP contribution in [-0.2, 0) is 9.59 Å². The van der Waals surface area contributed by atoms with Gasteiger partial charge in [-0.15, -0.1) is 0 Å². The van der Waals surface area contributed by atoms with Crippen molar-refractivity contribution < 1.29 is 19.4 Å². The number of aliphatic hydroxyl groups excluding tert-OH is 1. The van der Waals surface area contributed by atoms with E-state index < -0.39 is 17.7 Å². The van der Waals surface area contributed by atoms with E-state index >= 15 is 0 Å². The van der Waals surface area contributed by atoms with Gasteiger partial charge in [0.1, 0.15) is 11.5 Å². The number of anilines is 1. The van der Waals surface area contributed by atoms with Gasteiger partial charge in [-0.3, -0.25) is 14.5 Å². The summed E-state index contributed by atoms with van der Waals surface area (Å²) in [6.07, 6.45) is 0. The molecule has 1 unspecified atom stereocenters. The van der Waals surface area contributed by atoms with E-state index in [9.17, 15) is 14.7 Å². The summed E-state index contributed by atoms with van der Waals surface area (Å²) in [6.45, 7) is 4.20. The number of carbonyl (C=O) groups is 2. The molecule has 1 atom stereocenters. The zero-order valence-electron chi connectivity index (χ0n) is 18.0. The van der Waals surface area contributed by atoms with Gasteiger partial charge in [-0.1, -0.05) is 59.6 Å². The molecule has 0 bridgehead atoms. The number of halogens is 2. The van der Waals surface area contributed by atoms with Gasteiger partial charge in [-0.25, -0.2) is 0 Å². The van der Waals surface area contributed by atoms with Crippen molar-refractivity contribution in [3.05, 3.63) is 99.0 Å². The van der Waals surface area contributed by atoms with E-state index in [1.165, 1.54) is 11.0 Å². The van der Waals surface area contributed by atoms with Gasteiger partial charge >= 0.3 is 0 Å². The fraction of sp³-hybridized carbons (Fsp3) is 0.154. The predicted octanol–water partition coefficient (Wildman–Crippen LogP) is 6.33. The van der Waals surface area contributed by atoms with Crippen LogP contribution < -0.4 is 9.64 Å². The van der Waals surface area contributed by atoms with Crippen LogP contribution in [0.25, 0.3) is 5.76 Å². The van der Waals surface area contributed by atoms with Crippen LogP contribution in [0.5, 0.6) is 5.75 Å². The molecular weight excluding hydrogens is 461 g/mol. The molecule has 0 radical (unpaired) electrons. The summed E-state index contributed by atoms with van der Waals surface area (Å²) in [4.78, 5) is 27.9. The maximum atomic E-state index is 13.3. The van der Waals surface area contributed by atoms with E-state index in [-0.39, 0.29) is 16.4 Å². The van der Waals surface area contributed by atoms with Crippen molar-refractivity contribution in [1.82, 2.24) is 0 Å². The molecule has 1 aliphatic heterocycles. The highest BCUT2D eigenvalue weighted by atomic mass is 35.5. The van der Waals surface area contributed by atoms with E-state index in [0.29, 0.717) is 34.2 Å². The normalized spacial score (nSPS) is 17.5. The Morgan fingerprint density at radius 2 is 1.76 bits per heavy atom.